The molecule has 0 saturated heterocycles. The first kappa shape index (κ1) is 6.61. The Balaban J connectivity index is 2.90. The minimum Gasteiger partial charge on any atom is -0.327 e. The third-order valence-corrected chi connectivity index (χ3v) is 1.73. The molecule has 0 radical (unpaired) electrons. The van der Waals surface area contributed by atoms with E-state index in [1.54, 1.807) is 12.4 Å². The number of hydrogen-bond acceptors (Lipinski definition) is 2. The van der Waals surface area contributed by atoms with Crippen molar-refractivity contribution in [2.24, 2.45) is 0 Å². The zero-order valence-electron chi connectivity index (χ0n) is 5.93. The minimum absolute atomic E-state index is 0.413. The van der Waals surface area contributed by atoms with Gasteiger partial charge < -0.3 is 4.98 Å². The highest BCUT2D eigenvalue weighted by Gasteiger charge is 2.01. The smallest absolute Gasteiger partial charge is 0.201 e. The summed E-state index contributed by atoms with van der Waals surface area (Å²) in [6.45, 7) is 1.95. The topological polar surface area (TPSA) is 41.6 Å². The molecule has 3 nitrogen and oxygen atoms in total. The number of rotatable bonds is 0. The molecule has 0 amide bonds. The molecule has 0 bridgehead atoms. The maximum atomic E-state index is 5.66. The molecular formula is C7H6ClN3. The van der Waals surface area contributed by atoms with Crippen molar-refractivity contribution >= 4 is 22.6 Å². The Hall–Kier alpha value is -1.09. The van der Waals surface area contributed by atoms with Crippen LogP contribution in [0.4, 0.5) is 0 Å². The van der Waals surface area contributed by atoms with Crippen LogP contribution in [-0.2, 0) is 0 Å². The average molecular weight is 168 g/mol. The Morgan fingerprint density at radius 3 is 3.00 bits per heavy atom. The molecule has 2 rings (SSSR count). The Morgan fingerprint density at radius 1 is 1.45 bits per heavy atom. The number of hydrogen-bond donors (Lipinski definition) is 1. The number of nitrogens with one attached hydrogen (secondary N) is 1. The Kier molecular flexibility index (Phi) is 1.32. The van der Waals surface area contributed by atoms with Crippen molar-refractivity contribution in [3.63, 3.8) is 0 Å². The fourth-order valence-electron chi connectivity index (χ4n) is 1.04. The molecule has 11 heavy (non-hydrogen) atoms. The number of halogens is 1. The van der Waals surface area contributed by atoms with E-state index in [1.807, 2.05) is 6.92 Å². The molecule has 56 valence electrons. The van der Waals surface area contributed by atoms with Gasteiger partial charge in [0.2, 0.25) is 5.28 Å². The molecule has 1 N–H and O–H groups in total. The van der Waals surface area contributed by atoms with Crippen molar-refractivity contribution in [3.05, 3.63) is 23.2 Å². The van der Waals surface area contributed by atoms with Crippen LogP contribution in [0.25, 0.3) is 11.0 Å². The van der Waals surface area contributed by atoms with E-state index in [1.165, 1.54) is 0 Å². The summed E-state index contributed by atoms with van der Waals surface area (Å²) >= 11 is 5.66. The van der Waals surface area contributed by atoms with Crippen LogP contribution in [0.5, 0.6) is 0 Å². The average Bonchev–Trinajstić information content (AvgIpc) is 2.31. The monoisotopic (exact) mass is 167 g/mol. The number of aromatic amines is 1. The van der Waals surface area contributed by atoms with Gasteiger partial charge >= 0.3 is 0 Å². The van der Waals surface area contributed by atoms with Crippen molar-refractivity contribution < 1.29 is 0 Å². The summed E-state index contributed by atoms with van der Waals surface area (Å²) in [6, 6.07) is 0. The maximum absolute atomic E-state index is 5.66. The second-order valence-corrected chi connectivity index (χ2v) is 2.74. The molecule has 0 atom stereocenters. The van der Waals surface area contributed by atoms with Crippen LogP contribution in [0.2, 0.25) is 5.28 Å². The first-order chi connectivity index (χ1) is 5.27. The highest BCUT2D eigenvalue weighted by molar-refractivity contribution is 6.29. The lowest BCUT2D eigenvalue weighted by Crippen LogP contribution is -1.78. The van der Waals surface area contributed by atoms with Crippen molar-refractivity contribution in [2.45, 2.75) is 6.92 Å². The van der Waals surface area contributed by atoms with Crippen LogP contribution in [0.1, 0.15) is 5.56 Å². The van der Waals surface area contributed by atoms with Crippen molar-refractivity contribution in [3.8, 4) is 0 Å². The highest BCUT2D eigenvalue weighted by Crippen LogP contribution is 2.15. The summed E-state index contributed by atoms with van der Waals surface area (Å²) in [7, 11) is 0. The summed E-state index contributed by atoms with van der Waals surface area (Å²) in [5, 5.41) is 0.413. The van der Waals surface area contributed by atoms with Crippen LogP contribution in [0, 0.1) is 6.92 Å². The SMILES string of the molecule is Cc1cncc2[nH]c(Cl)nc12. The Morgan fingerprint density at radius 2 is 2.27 bits per heavy atom. The fraction of sp³-hybridized carbons (Fsp3) is 0.143. The second kappa shape index (κ2) is 2.20. The van der Waals surface area contributed by atoms with Gasteiger partial charge in [-0.2, -0.15) is 0 Å². The first-order valence-corrected chi connectivity index (χ1v) is 3.61. The predicted molar refractivity (Wildman–Crippen MR) is 43.6 cm³/mol. The van der Waals surface area contributed by atoms with Crippen LogP contribution in [-0.4, -0.2) is 15.0 Å². The second-order valence-electron chi connectivity index (χ2n) is 2.38. The van der Waals surface area contributed by atoms with E-state index in [9.17, 15) is 0 Å². The Bertz CT molecular complexity index is 393. The van der Waals surface area contributed by atoms with Crippen LogP contribution < -0.4 is 0 Å². The normalized spacial score (nSPS) is 10.7. The number of pyridine rings is 1. The van der Waals surface area contributed by atoms with Gasteiger partial charge in [-0.3, -0.25) is 4.98 Å². The molecule has 0 aliphatic rings. The highest BCUT2D eigenvalue weighted by atomic mass is 35.5. The number of aryl methyl sites for hydroxylation is 1. The van der Waals surface area contributed by atoms with E-state index in [0.717, 1.165) is 16.6 Å². The summed E-state index contributed by atoms with van der Waals surface area (Å²) in [5.41, 5.74) is 2.81. The third-order valence-electron chi connectivity index (χ3n) is 1.55. The van der Waals surface area contributed by atoms with Crippen LogP contribution in [0.3, 0.4) is 0 Å². The molecule has 0 spiro atoms. The molecule has 0 saturated carbocycles. The van der Waals surface area contributed by atoms with Gasteiger partial charge in [0, 0.05) is 6.20 Å². The standard InChI is InChI=1S/C7H6ClN3/c1-4-2-9-3-5-6(4)11-7(8)10-5/h2-3H,1H3,(H,10,11). The first-order valence-electron chi connectivity index (χ1n) is 3.23. The van der Waals surface area contributed by atoms with E-state index in [2.05, 4.69) is 15.0 Å². The van der Waals surface area contributed by atoms with E-state index < -0.39 is 0 Å². The minimum atomic E-state index is 0.413. The van der Waals surface area contributed by atoms with Gasteiger partial charge in [-0.1, -0.05) is 0 Å². The molecular weight excluding hydrogens is 162 g/mol. The van der Waals surface area contributed by atoms with Crippen molar-refractivity contribution in [2.75, 3.05) is 0 Å². The van der Waals surface area contributed by atoms with E-state index in [0.29, 0.717) is 5.28 Å². The van der Waals surface area contributed by atoms with Gasteiger partial charge in [0.25, 0.3) is 0 Å². The lowest BCUT2D eigenvalue weighted by Gasteiger charge is -1.89. The number of H-pyrrole nitrogens is 1. The molecule has 0 aliphatic heterocycles. The molecule has 0 unspecified atom stereocenters. The summed E-state index contributed by atoms with van der Waals surface area (Å²) < 4.78 is 0. The van der Waals surface area contributed by atoms with Crippen molar-refractivity contribution in [1.82, 2.24) is 15.0 Å². The van der Waals surface area contributed by atoms with E-state index in [-0.39, 0.29) is 0 Å². The van der Waals surface area contributed by atoms with Crippen LogP contribution in [0.15, 0.2) is 12.4 Å². The fourth-order valence-corrected chi connectivity index (χ4v) is 1.22. The van der Waals surface area contributed by atoms with Gasteiger partial charge in [0.1, 0.15) is 0 Å². The van der Waals surface area contributed by atoms with Gasteiger partial charge in [0.15, 0.2) is 0 Å². The van der Waals surface area contributed by atoms with E-state index in [4.69, 9.17) is 11.6 Å². The summed E-state index contributed by atoms with van der Waals surface area (Å²) in [4.78, 5) is 11.0. The number of nitrogens with zero attached hydrogens (tertiary/aromatic N) is 2. The van der Waals surface area contributed by atoms with Gasteiger partial charge in [0.05, 0.1) is 17.2 Å². The lowest BCUT2D eigenvalue weighted by molar-refractivity contribution is 1.29. The zero-order valence-corrected chi connectivity index (χ0v) is 6.68. The van der Waals surface area contributed by atoms with Crippen LogP contribution >= 0.6 is 11.6 Å². The number of aromatic nitrogens is 3. The summed E-state index contributed by atoms with van der Waals surface area (Å²) in [5.74, 6) is 0. The van der Waals surface area contributed by atoms with Gasteiger partial charge in [-0.15, -0.1) is 0 Å². The largest absolute Gasteiger partial charge is 0.327 e. The number of imidazole rings is 1. The molecule has 2 heterocycles. The van der Waals surface area contributed by atoms with Gasteiger partial charge in [-0.25, -0.2) is 4.98 Å². The molecule has 2 aromatic rings. The molecule has 0 aliphatic carbocycles. The molecule has 0 fully saturated rings. The number of fused-ring (bicyclic) bond motifs is 1. The Labute approximate surface area is 68.4 Å². The maximum Gasteiger partial charge on any atom is 0.201 e. The van der Waals surface area contributed by atoms with Gasteiger partial charge in [-0.05, 0) is 24.1 Å². The molecule has 0 aromatic carbocycles. The quantitative estimate of drug-likeness (QED) is 0.652. The molecule has 4 heteroatoms. The molecule has 2 aromatic heterocycles. The lowest BCUT2D eigenvalue weighted by atomic mass is 10.3. The summed E-state index contributed by atoms with van der Waals surface area (Å²) in [6.07, 6.45) is 3.47. The van der Waals surface area contributed by atoms with Crippen molar-refractivity contribution in [1.29, 1.82) is 0 Å². The predicted octanol–water partition coefficient (Wildman–Crippen LogP) is 1.92. The zero-order chi connectivity index (χ0) is 7.84. The van der Waals surface area contributed by atoms with E-state index >= 15 is 0 Å². The third kappa shape index (κ3) is 0.973.